The quantitative estimate of drug-likeness (QED) is 0.876. The predicted octanol–water partition coefficient (Wildman–Crippen LogP) is 1.71. The maximum Gasteiger partial charge on any atom is 0.261 e. The Morgan fingerprint density at radius 2 is 1.94 bits per heavy atom. The van der Waals surface area contributed by atoms with Gasteiger partial charge in [0, 0.05) is 26.0 Å². The number of phenolic OH excluding ortho intramolecular Hbond substituents is 1. The van der Waals surface area contributed by atoms with Crippen LogP contribution in [0.2, 0.25) is 0 Å². The zero-order valence-electron chi connectivity index (χ0n) is 10.6. The predicted molar refractivity (Wildman–Crippen MR) is 68.8 cm³/mol. The summed E-state index contributed by atoms with van der Waals surface area (Å²) >= 11 is 0. The van der Waals surface area contributed by atoms with Crippen molar-refractivity contribution >= 4 is 11.6 Å². The minimum absolute atomic E-state index is 0.119. The summed E-state index contributed by atoms with van der Waals surface area (Å²) in [6.07, 6.45) is 1.70. The monoisotopic (exact) mass is 245 g/mol. The van der Waals surface area contributed by atoms with Gasteiger partial charge in [-0.1, -0.05) is 0 Å². The van der Waals surface area contributed by atoms with Crippen molar-refractivity contribution in [2.24, 2.45) is 7.05 Å². The Bertz CT molecular complexity index is 572. The number of hydrogen-bond donors (Lipinski definition) is 1. The van der Waals surface area contributed by atoms with Crippen LogP contribution in [0, 0.1) is 6.92 Å². The van der Waals surface area contributed by atoms with Crippen LogP contribution in [0.3, 0.4) is 0 Å². The molecule has 2 aromatic rings. The Morgan fingerprint density at radius 1 is 1.33 bits per heavy atom. The molecule has 0 aliphatic rings. The molecule has 18 heavy (non-hydrogen) atoms. The van der Waals surface area contributed by atoms with Gasteiger partial charge in [0.2, 0.25) is 0 Å². The van der Waals surface area contributed by atoms with Crippen molar-refractivity contribution in [3.05, 3.63) is 41.7 Å². The van der Waals surface area contributed by atoms with Gasteiger partial charge in [0.25, 0.3) is 5.91 Å². The van der Waals surface area contributed by atoms with Crippen LogP contribution in [0.1, 0.15) is 16.1 Å². The summed E-state index contributed by atoms with van der Waals surface area (Å²) in [6.45, 7) is 1.80. The Hall–Kier alpha value is -2.30. The smallest absolute Gasteiger partial charge is 0.261 e. The first-order chi connectivity index (χ1) is 8.49. The van der Waals surface area contributed by atoms with Gasteiger partial charge in [-0.15, -0.1) is 0 Å². The Labute approximate surface area is 105 Å². The highest BCUT2D eigenvalue weighted by Crippen LogP contribution is 2.19. The highest BCUT2D eigenvalue weighted by molar-refractivity contribution is 6.06. The molecule has 5 heteroatoms. The molecule has 0 spiro atoms. The van der Waals surface area contributed by atoms with Gasteiger partial charge in [-0.3, -0.25) is 9.48 Å². The van der Waals surface area contributed by atoms with Crippen molar-refractivity contribution < 1.29 is 9.90 Å². The fraction of sp³-hybridized carbons (Fsp3) is 0.231. The van der Waals surface area contributed by atoms with Crippen LogP contribution in [0.4, 0.5) is 5.69 Å². The van der Waals surface area contributed by atoms with Crippen molar-refractivity contribution in [3.8, 4) is 5.75 Å². The second-order valence-electron chi connectivity index (χ2n) is 4.18. The molecule has 0 saturated carbocycles. The normalized spacial score (nSPS) is 10.4. The molecule has 5 nitrogen and oxygen atoms in total. The third-order valence-corrected chi connectivity index (χ3v) is 2.79. The summed E-state index contributed by atoms with van der Waals surface area (Å²) in [6, 6.07) is 6.49. The SMILES string of the molecule is Cc1nn(C)cc1C(=O)N(C)c1ccc(O)cc1. The van der Waals surface area contributed by atoms with E-state index in [1.165, 1.54) is 4.90 Å². The number of rotatable bonds is 2. The van der Waals surface area contributed by atoms with Crippen LogP contribution in [0.5, 0.6) is 5.75 Å². The first kappa shape index (κ1) is 12.2. The number of benzene rings is 1. The van der Waals surface area contributed by atoms with Crippen LogP contribution >= 0.6 is 0 Å². The van der Waals surface area contributed by atoms with Gasteiger partial charge in [-0.25, -0.2) is 0 Å². The second kappa shape index (κ2) is 4.52. The molecule has 0 aliphatic heterocycles. The minimum atomic E-state index is -0.119. The van der Waals surface area contributed by atoms with Crippen molar-refractivity contribution in [2.75, 3.05) is 11.9 Å². The number of carbonyl (C=O) groups is 1. The molecule has 2 rings (SSSR count). The zero-order chi connectivity index (χ0) is 13.3. The van der Waals surface area contributed by atoms with E-state index in [0.29, 0.717) is 11.3 Å². The van der Waals surface area contributed by atoms with E-state index < -0.39 is 0 Å². The Morgan fingerprint density at radius 3 is 2.44 bits per heavy atom. The van der Waals surface area contributed by atoms with Gasteiger partial charge in [0.15, 0.2) is 0 Å². The van der Waals surface area contributed by atoms with E-state index in [0.717, 1.165) is 5.69 Å². The lowest BCUT2D eigenvalue weighted by Crippen LogP contribution is -2.26. The summed E-state index contributed by atoms with van der Waals surface area (Å²) in [5, 5.41) is 13.4. The molecule has 0 fully saturated rings. The molecule has 1 amide bonds. The lowest BCUT2D eigenvalue weighted by Gasteiger charge is -2.16. The average Bonchev–Trinajstić information content (AvgIpc) is 2.67. The third-order valence-electron chi connectivity index (χ3n) is 2.79. The maximum atomic E-state index is 12.3. The standard InChI is InChI=1S/C13H15N3O2/c1-9-12(8-15(2)14-9)13(18)16(3)10-4-6-11(17)7-5-10/h4-8,17H,1-3H3. The molecule has 0 atom stereocenters. The van der Waals surface area contributed by atoms with E-state index in [4.69, 9.17) is 0 Å². The molecular formula is C13H15N3O2. The van der Waals surface area contributed by atoms with Crippen LogP contribution in [-0.2, 0) is 7.05 Å². The number of hydrogen-bond acceptors (Lipinski definition) is 3. The molecule has 1 heterocycles. The summed E-state index contributed by atoms with van der Waals surface area (Å²) in [4.78, 5) is 13.8. The molecule has 0 radical (unpaired) electrons. The van der Waals surface area contributed by atoms with E-state index in [-0.39, 0.29) is 11.7 Å². The number of nitrogens with zero attached hydrogens (tertiary/aromatic N) is 3. The van der Waals surface area contributed by atoms with Crippen LogP contribution in [0.25, 0.3) is 0 Å². The fourth-order valence-corrected chi connectivity index (χ4v) is 1.78. The first-order valence-electron chi connectivity index (χ1n) is 5.56. The molecule has 0 aliphatic carbocycles. The van der Waals surface area contributed by atoms with Crippen molar-refractivity contribution in [2.45, 2.75) is 6.92 Å². The lowest BCUT2D eigenvalue weighted by atomic mass is 10.2. The van der Waals surface area contributed by atoms with Crippen LogP contribution < -0.4 is 4.90 Å². The number of anilines is 1. The van der Waals surface area contributed by atoms with Gasteiger partial charge in [-0.2, -0.15) is 5.10 Å². The minimum Gasteiger partial charge on any atom is -0.508 e. The number of carbonyl (C=O) groups excluding carboxylic acids is 1. The summed E-state index contributed by atoms with van der Waals surface area (Å²) in [7, 11) is 3.48. The number of amides is 1. The maximum absolute atomic E-state index is 12.3. The van der Waals surface area contributed by atoms with Crippen molar-refractivity contribution in [1.29, 1.82) is 0 Å². The van der Waals surface area contributed by atoms with Crippen molar-refractivity contribution in [3.63, 3.8) is 0 Å². The number of aryl methyl sites for hydroxylation is 2. The number of aromatic nitrogens is 2. The van der Waals surface area contributed by atoms with Gasteiger partial charge in [0.05, 0.1) is 11.3 Å². The molecule has 1 aromatic heterocycles. The molecular weight excluding hydrogens is 230 g/mol. The van der Waals surface area contributed by atoms with E-state index in [2.05, 4.69) is 5.10 Å². The largest absolute Gasteiger partial charge is 0.508 e. The zero-order valence-corrected chi connectivity index (χ0v) is 10.6. The fourth-order valence-electron chi connectivity index (χ4n) is 1.78. The summed E-state index contributed by atoms with van der Waals surface area (Å²) < 4.78 is 1.62. The Balaban J connectivity index is 2.29. The Kier molecular flexibility index (Phi) is 3.06. The van der Waals surface area contributed by atoms with Crippen molar-refractivity contribution in [1.82, 2.24) is 9.78 Å². The molecule has 1 N–H and O–H groups in total. The molecule has 1 aromatic carbocycles. The van der Waals surface area contributed by atoms with Crippen LogP contribution in [0.15, 0.2) is 30.5 Å². The molecule has 0 unspecified atom stereocenters. The first-order valence-corrected chi connectivity index (χ1v) is 5.56. The van der Waals surface area contributed by atoms with E-state index >= 15 is 0 Å². The molecule has 0 saturated heterocycles. The van der Waals surface area contributed by atoms with Gasteiger partial charge in [0.1, 0.15) is 5.75 Å². The van der Waals surface area contributed by atoms with Gasteiger partial charge in [-0.05, 0) is 31.2 Å². The summed E-state index contributed by atoms with van der Waals surface area (Å²) in [5.74, 6) is 0.0587. The molecule has 94 valence electrons. The summed E-state index contributed by atoms with van der Waals surface area (Å²) in [5.41, 5.74) is 2.00. The third kappa shape index (κ3) is 2.20. The van der Waals surface area contributed by atoms with Gasteiger partial charge >= 0.3 is 0 Å². The highest BCUT2D eigenvalue weighted by atomic mass is 16.3. The van der Waals surface area contributed by atoms with E-state index in [9.17, 15) is 9.90 Å². The van der Waals surface area contributed by atoms with E-state index in [1.807, 2.05) is 0 Å². The molecule has 0 bridgehead atoms. The topological polar surface area (TPSA) is 58.4 Å². The lowest BCUT2D eigenvalue weighted by molar-refractivity contribution is 0.0992. The second-order valence-corrected chi connectivity index (χ2v) is 4.18. The van der Waals surface area contributed by atoms with Gasteiger partial charge < -0.3 is 10.0 Å². The number of phenols is 1. The van der Waals surface area contributed by atoms with Crippen LogP contribution in [-0.4, -0.2) is 27.8 Å². The van der Waals surface area contributed by atoms with E-state index in [1.54, 1.807) is 56.2 Å². The number of aromatic hydroxyl groups is 1. The average molecular weight is 245 g/mol. The highest BCUT2D eigenvalue weighted by Gasteiger charge is 2.17.